The molecule has 2 aromatic heterocycles. The van der Waals surface area contributed by atoms with Gasteiger partial charge in [0.25, 0.3) is 0 Å². The zero-order chi connectivity index (χ0) is 17.6. The van der Waals surface area contributed by atoms with Gasteiger partial charge in [0.1, 0.15) is 18.0 Å². The van der Waals surface area contributed by atoms with Crippen molar-refractivity contribution in [2.24, 2.45) is 11.3 Å². The molecule has 3 heterocycles. The molecule has 2 aromatic rings. The summed E-state index contributed by atoms with van der Waals surface area (Å²) >= 11 is 0. The van der Waals surface area contributed by atoms with E-state index in [1.807, 2.05) is 33.2 Å². The summed E-state index contributed by atoms with van der Waals surface area (Å²) in [6, 6.07) is 1.77. The number of allylic oxidation sites excluding steroid dienone is 4. The third-order valence-electron chi connectivity index (χ3n) is 5.03. The summed E-state index contributed by atoms with van der Waals surface area (Å²) < 4.78 is 0. The number of hydrogen-bond acceptors (Lipinski definition) is 5. The predicted molar refractivity (Wildman–Crippen MR) is 94.2 cm³/mol. The number of carbonyl (C=O) groups excluding carboxylic acids is 1. The highest BCUT2D eigenvalue weighted by molar-refractivity contribution is 6.04. The summed E-state index contributed by atoms with van der Waals surface area (Å²) in [7, 11) is 0. The predicted octanol–water partition coefficient (Wildman–Crippen LogP) is 2.94. The van der Waals surface area contributed by atoms with Crippen molar-refractivity contribution in [3.63, 3.8) is 0 Å². The average Bonchev–Trinajstić information content (AvgIpc) is 2.82. The Hall–Kier alpha value is -2.89. The highest BCUT2D eigenvalue weighted by atomic mass is 16.2. The Balaban J connectivity index is 1.80. The second kappa shape index (κ2) is 5.58. The molecule has 2 aliphatic rings. The number of fused-ring (bicyclic) bond motifs is 1. The maximum atomic E-state index is 13.1. The van der Waals surface area contributed by atoms with Crippen LogP contribution in [0.1, 0.15) is 31.7 Å². The second-order valence-electron chi connectivity index (χ2n) is 6.97. The van der Waals surface area contributed by atoms with Gasteiger partial charge in [-0.25, -0.2) is 19.9 Å². The molecule has 1 unspecified atom stereocenters. The standard InChI is InChI=1S/C19H19N5O/c1-12-21-9-14(10-22-12)13-4-5-15-16(8-13)24(18(25)19(15,2)3)17-6-7-20-11-23-17/h4,6-11,15H,5H2,1-3H3. The molecule has 1 saturated heterocycles. The number of aromatic nitrogens is 4. The number of nitrogens with zero attached hydrogens (tertiary/aromatic N) is 5. The molecule has 1 fully saturated rings. The van der Waals surface area contributed by atoms with Crippen molar-refractivity contribution in [2.45, 2.75) is 27.2 Å². The summed E-state index contributed by atoms with van der Waals surface area (Å²) in [6.07, 6.45) is 11.8. The monoisotopic (exact) mass is 333 g/mol. The van der Waals surface area contributed by atoms with Crippen LogP contribution in [0.4, 0.5) is 5.82 Å². The highest BCUT2D eigenvalue weighted by Gasteiger charge is 2.51. The van der Waals surface area contributed by atoms with Crippen LogP contribution in [0.25, 0.3) is 5.57 Å². The first-order valence-corrected chi connectivity index (χ1v) is 8.30. The number of anilines is 1. The minimum atomic E-state index is -0.470. The Labute approximate surface area is 146 Å². The summed E-state index contributed by atoms with van der Waals surface area (Å²) in [4.78, 5) is 31.6. The van der Waals surface area contributed by atoms with Crippen LogP contribution in [0.5, 0.6) is 0 Å². The minimum absolute atomic E-state index is 0.0669. The lowest BCUT2D eigenvalue weighted by Crippen LogP contribution is -2.31. The van der Waals surface area contributed by atoms with Gasteiger partial charge in [-0.15, -0.1) is 0 Å². The maximum absolute atomic E-state index is 13.1. The Bertz CT molecular complexity index is 884. The SMILES string of the molecule is Cc1ncc(C2=CCC3C(=C2)N(c2ccncn2)C(=O)C3(C)C)cn1. The number of aryl methyl sites for hydroxylation is 1. The van der Waals surface area contributed by atoms with Crippen molar-refractivity contribution >= 4 is 17.3 Å². The topological polar surface area (TPSA) is 71.9 Å². The second-order valence-corrected chi connectivity index (χ2v) is 6.97. The van der Waals surface area contributed by atoms with Crippen LogP contribution in [0.15, 0.2) is 48.8 Å². The van der Waals surface area contributed by atoms with Crippen molar-refractivity contribution in [1.82, 2.24) is 19.9 Å². The van der Waals surface area contributed by atoms with E-state index in [2.05, 4.69) is 32.1 Å². The van der Waals surface area contributed by atoms with Crippen LogP contribution in [-0.4, -0.2) is 25.8 Å². The molecule has 6 heteroatoms. The van der Waals surface area contributed by atoms with Gasteiger partial charge in [-0.2, -0.15) is 0 Å². The number of amides is 1. The van der Waals surface area contributed by atoms with E-state index in [4.69, 9.17) is 0 Å². The molecule has 0 bridgehead atoms. The lowest BCUT2D eigenvalue weighted by atomic mass is 9.75. The molecule has 0 spiro atoms. The van der Waals surface area contributed by atoms with Crippen LogP contribution in [0.2, 0.25) is 0 Å². The first-order chi connectivity index (χ1) is 12.0. The van der Waals surface area contributed by atoms with Gasteiger partial charge in [-0.1, -0.05) is 19.9 Å². The van der Waals surface area contributed by atoms with E-state index < -0.39 is 5.41 Å². The van der Waals surface area contributed by atoms with E-state index in [1.54, 1.807) is 17.2 Å². The van der Waals surface area contributed by atoms with E-state index >= 15 is 0 Å². The van der Waals surface area contributed by atoms with Gasteiger partial charge in [-0.05, 0) is 31.1 Å². The fourth-order valence-electron chi connectivity index (χ4n) is 3.52. The van der Waals surface area contributed by atoms with Gasteiger partial charge in [0.15, 0.2) is 0 Å². The largest absolute Gasteiger partial charge is 0.273 e. The van der Waals surface area contributed by atoms with Crippen LogP contribution in [-0.2, 0) is 4.79 Å². The molecule has 0 N–H and O–H groups in total. The van der Waals surface area contributed by atoms with Gasteiger partial charge in [0, 0.05) is 35.8 Å². The van der Waals surface area contributed by atoms with Gasteiger partial charge in [0.05, 0.1) is 5.41 Å². The molecule has 1 amide bonds. The molecule has 6 nitrogen and oxygen atoms in total. The van der Waals surface area contributed by atoms with Crippen molar-refractivity contribution in [1.29, 1.82) is 0 Å². The van der Waals surface area contributed by atoms with Crippen LogP contribution < -0.4 is 4.90 Å². The Morgan fingerprint density at radius 1 is 1.20 bits per heavy atom. The number of hydrogen-bond donors (Lipinski definition) is 0. The molecular formula is C19H19N5O. The third kappa shape index (κ3) is 2.45. The first kappa shape index (κ1) is 15.6. The maximum Gasteiger partial charge on any atom is 0.238 e. The molecular weight excluding hydrogens is 314 g/mol. The molecule has 126 valence electrons. The lowest BCUT2D eigenvalue weighted by Gasteiger charge is -2.25. The van der Waals surface area contributed by atoms with Crippen molar-refractivity contribution in [3.05, 3.63) is 60.2 Å². The normalized spacial score (nSPS) is 21.6. The summed E-state index contributed by atoms with van der Waals surface area (Å²) in [5.41, 5.74) is 2.50. The molecule has 0 aromatic carbocycles. The summed E-state index contributed by atoms with van der Waals surface area (Å²) in [5.74, 6) is 1.55. The molecule has 1 aliphatic carbocycles. The van der Waals surface area contributed by atoms with Crippen LogP contribution in [0, 0.1) is 18.3 Å². The average molecular weight is 333 g/mol. The lowest BCUT2D eigenvalue weighted by molar-refractivity contribution is -0.125. The van der Waals surface area contributed by atoms with Gasteiger partial charge in [0.2, 0.25) is 5.91 Å². The first-order valence-electron chi connectivity index (χ1n) is 8.30. The van der Waals surface area contributed by atoms with Crippen molar-refractivity contribution in [2.75, 3.05) is 4.90 Å². The highest BCUT2D eigenvalue weighted by Crippen LogP contribution is 2.49. The fourth-order valence-corrected chi connectivity index (χ4v) is 3.52. The van der Waals surface area contributed by atoms with E-state index in [9.17, 15) is 4.79 Å². The van der Waals surface area contributed by atoms with Crippen LogP contribution >= 0.6 is 0 Å². The van der Waals surface area contributed by atoms with E-state index in [1.165, 1.54) is 6.33 Å². The van der Waals surface area contributed by atoms with Crippen molar-refractivity contribution in [3.8, 4) is 0 Å². The summed E-state index contributed by atoms with van der Waals surface area (Å²) in [5, 5.41) is 0. The smallest absolute Gasteiger partial charge is 0.238 e. The Morgan fingerprint density at radius 3 is 2.64 bits per heavy atom. The van der Waals surface area contributed by atoms with Crippen molar-refractivity contribution < 1.29 is 4.79 Å². The minimum Gasteiger partial charge on any atom is -0.273 e. The molecule has 1 aliphatic heterocycles. The molecule has 4 rings (SSSR count). The zero-order valence-corrected chi connectivity index (χ0v) is 14.5. The van der Waals surface area contributed by atoms with E-state index in [0.29, 0.717) is 5.82 Å². The van der Waals surface area contributed by atoms with Gasteiger partial charge >= 0.3 is 0 Å². The number of carbonyl (C=O) groups is 1. The fraction of sp³-hybridized carbons (Fsp3) is 0.316. The van der Waals surface area contributed by atoms with Crippen LogP contribution in [0.3, 0.4) is 0 Å². The van der Waals surface area contributed by atoms with E-state index in [-0.39, 0.29) is 11.8 Å². The molecule has 0 saturated carbocycles. The van der Waals surface area contributed by atoms with E-state index in [0.717, 1.165) is 29.1 Å². The molecule has 1 atom stereocenters. The quantitative estimate of drug-likeness (QED) is 0.845. The van der Waals surface area contributed by atoms with Gasteiger partial charge < -0.3 is 0 Å². The zero-order valence-electron chi connectivity index (χ0n) is 14.5. The summed E-state index contributed by atoms with van der Waals surface area (Å²) in [6.45, 7) is 5.87. The van der Waals surface area contributed by atoms with Gasteiger partial charge in [-0.3, -0.25) is 9.69 Å². The molecule has 25 heavy (non-hydrogen) atoms. The number of rotatable bonds is 2. The molecule has 0 radical (unpaired) electrons. The Morgan fingerprint density at radius 2 is 1.96 bits per heavy atom. The Kier molecular flexibility index (Phi) is 3.49. The third-order valence-corrected chi connectivity index (χ3v) is 5.03.